The molecule has 11 heteroatoms. The molecule has 0 aliphatic carbocycles. The monoisotopic (exact) mass is 554 g/mol. The first-order valence-corrected chi connectivity index (χ1v) is 12.0. The third kappa shape index (κ3) is 4.93. The molecular weight excluding hydrogens is 524 g/mol. The fourth-order valence-electron chi connectivity index (χ4n) is 4.38. The Balaban J connectivity index is 2.09. The fourth-order valence-corrected chi connectivity index (χ4v) is 4.38. The van der Waals surface area contributed by atoms with E-state index in [1.165, 1.54) is 54.0 Å². The lowest BCUT2D eigenvalue weighted by atomic mass is 9.99. The van der Waals surface area contributed by atoms with Gasteiger partial charge >= 0.3 is 17.9 Å². The van der Waals surface area contributed by atoms with Crippen LogP contribution in [0, 0.1) is 41.5 Å². The zero-order valence-electron chi connectivity index (χ0n) is 23.3. The van der Waals surface area contributed by atoms with E-state index in [0.29, 0.717) is 11.1 Å². The first-order chi connectivity index (χ1) is 18.7. The Labute approximate surface area is 230 Å². The lowest BCUT2D eigenvalue weighted by Gasteiger charge is -2.20. The largest absolute Gasteiger partial charge is 0.508 e. The minimum atomic E-state index is -1.20. The van der Waals surface area contributed by atoms with Crippen molar-refractivity contribution in [1.82, 2.24) is 0 Å². The number of aromatic hydroxyl groups is 3. The molecule has 3 aromatic carbocycles. The van der Waals surface area contributed by atoms with Crippen LogP contribution in [0.1, 0.15) is 64.5 Å². The van der Waals surface area contributed by atoms with Crippen LogP contribution in [0.15, 0.2) is 12.1 Å². The van der Waals surface area contributed by atoms with Gasteiger partial charge in [-0.1, -0.05) is 0 Å². The Morgan fingerprint density at radius 1 is 0.600 bits per heavy atom. The lowest BCUT2D eigenvalue weighted by molar-refractivity contribution is 0.0689. The summed E-state index contributed by atoms with van der Waals surface area (Å²) in [6, 6.07) is 2.58. The standard InChI is InChI=1S/C29H30O11/c1-11-9-17(30)14(4)23(31)20(11)28(35)40-26-16(6)25(38-8)22(15(5)24(26)32)29(36)39-18-10-19(37-7)21(27(33)34)13(3)12(18)2/h9-10,30-32H,1-8H3,(H,33,34). The molecule has 0 fully saturated rings. The number of rotatable bonds is 7. The Morgan fingerprint density at radius 3 is 1.75 bits per heavy atom. The molecule has 3 rings (SSSR count). The summed E-state index contributed by atoms with van der Waals surface area (Å²) in [5, 5.41) is 40.9. The number of carbonyl (C=O) groups is 3. The highest BCUT2D eigenvalue weighted by molar-refractivity contribution is 6.00. The van der Waals surface area contributed by atoms with Crippen molar-refractivity contribution in [3.05, 3.63) is 62.2 Å². The van der Waals surface area contributed by atoms with E-state index in [0.717, 1.165) is 0 Å². The van der Waals surface area contributed by atoms with E-state index in [1.54, 1.807) is 13.8 Å². The SMILES string of the molecule is COc1cc(OC(=O)c2c(C)c(O)c(OC(=O)c3c(C)cc(O)c(C)c3O)c(C)c2OC)c(C)c(C)c1C(=O)O. The van der Waals surface area contributed by atoms with Crippen molar-refractivity contribution in [2.24, 2.45) is 0 Å². The number of phenols is 3. The Bertz CT molecular complexity index is 1570. The number of benzene rings is 3. The number of phenolic OH excluding ortho intramolecular Hbond substituents is 3. The maximum Gasteiger partial charge on any atom is 0.347 e. The van der Waals surface area contributed by atoms with Crippen molar-refractivity contribution in [2.75, 3.05) is 14.2 Å². The first-order valence-electron chi connectivity index (χ1n) is 12.0. The van der Waals surface area contributed by atoms with Gasteiger partial charge in [0.25, 0.3) is 0 Å². The molecular formula is C29H30O11. The van der Waals surface area contributed by atoms with E-state index in [9.17, 15) is 34.8 Å². The highest BCUT2D eigenvalue weighted by Crippen LogP contribution is 2.44. The molecule has 0 atom stereocenters. The minimum absolute atomic E-state index is 0.00797. The van der Waals surface area contributed by atoms with Crippen LogP contribution in [0.5, 0.6) is 40.2 Å². The van der Waals surface area contributed by atoms with Gasteiger partial charge < -0.3 is 39.4 Å². The van der Waals surface area contributed by atoms with E-state index in [1.807, 2.05) is 0 Å². The van der Waals surface area contributed by atoms with Gasteiger partial charge in [-0.15, -0.1) is 0 Å². The van der Waals surface area contributed by atoms with Gasteiger partial charge in [0.2, 0.25) is 0 Å². The van der Waals surface area contributed by atoms with Crippen LogP contribution < -0.4 is 18.9 Å². The van der Waals surface area contributed by atoms with Gasteiger partial charge in [0, 0.05) is 22.8 Å². The van der Waals surface area contributed by atoms with Crippen molar-refractivity contribution in [3.8, 4) is 40.2 Å². The number of carbonyl (C=O) groups excluding carboxylic acids is 2. The maximum absolute atomic E-state index is 13.4. The molecule has 40 heavy (non-hydrogen) atoms. The van der Waals surface area contributed by atoms with Crippen LogP contribution >= 0.6 is 0 Å². The highest BCUT2D eigenvalue weighted by atomic mass is 16.5. The average molecular weight is 555 g/mol. The summed E-state index contributed by atoms with van der Waals surface area (Å²) < 4.78 is 21.7. The summed E-state index contributed by atoms with van der Waals surface area (Å²) in [5.74, 6) is -4.69. The van der Waals surface area contributed by atoms with Crippen molar-refractivity contribution >= 4 is 17.9 Å². The molecule has 212 valence electrons. The summed E-state index contributed by atoms with van der Waals surface area (Å²) in [6.07, 6.45) is 0. The third-order valence-corrected chi connectivity index (χ3v) is 6.84. The number of hydrogen-bond donors (Lipinski definition) is 4. The quantitative estimate of drug-likeness (QED) is 0.234. The van der Waals surface area contributed by atoms with E-state index in [4.69, 9.17) is 18.9 Å². The molecule has 0 saturated carbocycles. The number of carboxylic acids is 1. The summed E-state index contributed by atoms with van der Waals surface area (Å²) in [6.45, 7) is 8.90. The van der Waals surface area contributed by atoms with E-state index in [2.05, 4.69) is 0 Å². The Morgan fingerprint density at radius 2 is 1.20 bits per heavy atom. The summed E-state index contributed by atoms with van der Waals surface area (Å²) in [4.78, 5) is 38.1. The van der Waals surface area contributed by atoms with Crippen LogP contribution in [0.2, 0.25) is 0 Å². The fraction of sp³-hybridized carbons (Fsp3) is 0.276. The van der Waals surface area contributed by atoms with Gasteiger partial charge in [0.15, 0.2) is 11.5 Å². The van der Waals surface area contributed by atoms with Crippen molar-refractivity contribution < 1.29 is 53.8 Å². The highest BCUT2D eigenvalue weighted by Gasteiger charge is 2.31. The zero-order chi connectivity index (χ0) is 30.2. The molecule has 0 heterocycles. The smallest absolute Gasteiger partial charge is 0.347 e. The summed E-state index contributed by atoms with van der Waals surface area (Å²) >= 11 is 0. The number of ether oxygens (including phenoxy) is 4. The van der Waals surface area contributed by atoms with Gasteiger partial charge in [-0.2, -0.15) is 0 Å². The molecule has 0 amide bonds. The van der Waals surface area contributed by atoms with Crippen LogP contribution in [-0.2, 0) is 0 Å². The van der Waals surface area contributed by atoms with Crippen molar-refractivity contribution in [2.45, 2.75) is 41.5 Å². The van der Waals surface area contributed by atoms with Crippen molar-refractivity contribution in [3.63, 3.8) is 0 Å². The molecule has 0 aliphatic heterocycles. The Hall–Kier alpha value is -4.93. The van der Waals surface area contributed by atoms with Crippen LogP contribution in [-0.4, -0.2) is 52.6 Å². The van der Waals surface area contributed by atoms with Gasteiger partial charge in [0.1, 0.15) is 45.4 Å². The lowest BCUT2D eigenvalue weighted by Crippen LogP contribution is -2.17. The number of hydrogen-bond acceptors (Lipinski definition) is 10. The maximum atomic E-state index is 13.4. The molecule has 4 N–H and O–H groups in total. The second-order valence-corrected chi connectivity index (χ2v) is 9.18. The molecule has 11 nitrogen and oxygen atoms in total. The average Bonchev–Trinajstić information content (AvgIpc) is 2.89. The van der Waals surface area contributed by atoms with E-state index in [-0.39, 0.29) is 67.7 Å². The molecule has 0 aliphatic rings. The number of esters is 2. The minimum Gasteiger partial charge on any atom is -0.508 e. The molecule has 3 aromatic rings. The van der Waals surface area contributed by atoms with Gasteiger partial charge in [0.05, 0.1) is 14.2 Å². The predicted octanol–water partition coefficient (Wildman–Crippen LogP) is 4.81. The first kappa shape index (κ1) is 29.6. The molecule has 0 bridgehead atoms. The summed E-state index contributed by atoms with van der Waals surface area (Å²) in [7, 11) is 2.57. The summed E-state index contributed by atoms with van der Waals surface area (Å²) in [5.41, 5.74) is 0.654. The van der Waals surface area contributed by atoms with Crippen molar-refractivity contribution in [1.29, 1.82) is 0 Å². The zero-order valence-corrected chi connectivity index (χ0v) is 23.3. The number of carboxylic acid groups (broad SMARTS) is 1. The van der Waals surface area contributed by atoms with Crippen LogP contribution in [0.25, 0.3) is 0 Å². The normalized spacial score (nSPS) is 10.7. The van der Waals surface area contributed by atoms with E-state index >= 15 is 0 Å². The van der Waals surface area contributed by atoms with E-state index < -0.39 is 29.4 Å². The van der Waals surface area contributed by atoms with Gasteiger partial charge in [-0.3, -0.25) is 0 Å². The number of aryl methyl sites for hydroxylation is 1. The molecule has 0 saturated heterocycles. The molecule has 0 spiro atoms. The van der Waals surface area contributed by atoms with Crippen LogP contribution in [0.4, 0.5) is 0 Å². The Kier molecular flexibility index (Phi) is 8.18. The molecule has 0 unspecified atom stereocenters. The number of aromatic carboxylic acids is 1. The second-order valence-electron chi connectivity index (χ2n) is 9.18. The van der Waals surface area contributed by atoms with Gasteiger partial charge in [-0.25, -0.2) is 14.4 Å². The third-order valence-electron chi connectivity index (χ3n) is 6.84. The van der Waals surface area contributed by atoms with Crippen LogP contribution in [0.3, 0.4) is 0 Å². The second kappa shape index (κ2) is 11.0. The predicted molar refractivity (Wildman–Crippen MR) is 143 cm³/mol. The topological polar surface area (TPSA) is 169 Å². The number of methoxy groups -OCH3 is 2. The molecule has 0 radical (unpaired) electrons. The molecule has 0 aromatic heterocycles. The van der Waals surface area contributed by atoms with Gasteiger partial charge in [-0.05, 0) is 64.3 Å².